The number of rotatable bonds is 9. The first kappa shape index (κ1) is 26.8. The van der Waals surface area contributed by atoms with Gasteiger partial charge in [0.25, 0.3) is 0 Å². The third kappa shape index (κ3) is 6.73. The molecule has 1 aliphatic carbocycles. The summed E-state index contributed by atoms with van der Waals surface area (Å²) in [5.41, 5.74) is 5.07. The summed E-state index contributed by atoms with van der Waals surface area (Å²) in [6.45, 7) is 9.17. The molecule has 37 heavy (non-hydrogen) atoms. The topological polar surface area (TPSA) is 86.0 Å². The van der Waals surface area contributed by atoms with E-state index < -0.39 is 6.04 Å². The number of carbonyl (C=O) groups is 2. The minimum absolute atomic E-state index is 0.132. The molecule has 1 atom stereocenters. The van der Waals surface area contributed by atoms with Crippen LogP contribution in [-0.4, -0.2) is 29.5 Å². The molecule has 2 aromatic carbocycles. The van der Waals surface area contributed by atoms with Crippen molar-refractivity contribution in [3.8, 4) is 0 Å². The summed E-state index contributed by atoms with van der Waals surface area (Å²) in [7, 11) is 0. The number of benzene rings is 2. The molecule has 3 aromatic rings. The Morgan fingerprint density at radius 1 is 0.919 bits per heavy atom. The number of urea groups is 1. The predicted octanol–water partition coefficient (Wildman–Crippen LogP) is 6.84. The average molecular weight is 503 g/mol. The number of hydrogen-bond acceptors (Lipinski definition) is 2. The molecule has 0 radical (unpaired) electrons. The Morgan fingerprint density at radius 3 is 2.27 bits per heavy atom. The van der Waals surface area contributed by atoms with Crippen LogP contribution in [0.25, 0.3) is 10.9 Å². The van der Waals surface area contributed by atoms with Crippen molar-refractivity contribution in [2.45, 2.75) is 84.1 Å². The highest BCUT2D eigenvalue weighted by Crippen LogP contribution is 2.32. The second kappa shape index (κ2) is 12.3. The number of carbonyl (C=O) groups excluding carboxylic acids is 2. The lowest BCUT2D eigenvalue weighted by Crippen LogP contribution is -2.50. The highest BCUT2D eigenvalue weighted by molar-refractivity contribution is 5.95. The molecule has 1 fully saturated rings. The van der Waals surface area contributed by atoms with Crippen molar-refractivity contribution in [2.75, 3.05) is 11.9 Å². The number of amides is 3. The van der Waals surface area contributed by atoms with E-state index in [4.69, 9.17) is 0 Å². The van der Waals surface area contributed by atoms with Crippen molar-refractivity contribution in [1.29, 1.82) is 0 Å². The second-order valence-electron chi connectivity index (χ2n) is 11.1. The Kier molecular flexibility index (Phi) is 8.91. The molecular formula is C31H42N4O2. The molecule has 1 unspecified atom stereocenters. The van der Waals surface area contributed by atoms with E-state index in [1.54, 1.807) is 0 Å². The number of para-hydroxylation sites is 2. The molecule has 3 amide bonds. The summed E-state index contributed by atoms with van der Waals surface area (Å²) in [5.74, 6) is 0.906. The summed E-state index contributed by atoms with van der Waals surface area (Å²) in [6.07, 6.45) is 8.41. The molecule has 6 nitrogen and oxygen atoms in total. The van der Waals surface area contributed by atoms with Gasteiger partial charge in [-0.25, -0.2) is 4.79 Å². The Bertz CT molecular complexity index is 1180. The largest absolute Gasteiger partial charge is 0.361 e. The number of hydrogen-bond donors (Lipinski definition) is 4. The van der Waals surface area contributed by atoms with Crippen LogP contribution in [0.1, 0.15) is 88.3 Å². The molecule has 6 heteroatoms. The van der Waals surface area contributed by atoms with Gasteiger partial charge >= 0.3 is 6.03 Å². The summed E-state index contributed by atoms with van der Waals surface area (Å²) in [5, 5.41) is 10.3. The zero-order chi connectivity index (χ0) is 26.4. The van der Waals surface area contributed by atoms with Gasteiger partial charge in [-0.05, 0) is 53.4 Å². The fraction of sp³-hybridized carbons (Fsp3) is 0.484. The van der Waals surface area contributed by atoms with Crippen LogP contribution in [0.5, 0.6) is 0 Å². The molecule has 0 spiro atoms. The maximum atomic E-state index is 13.4. The third-order valence-corrected chi connectivity index (χ3v) is 7.62. The second-order valence-corrected chi connectivity index (χ2v) is 11.1. The van der Waals surface area contributed by atoms with Crippen molar-refractivity contribution in [3.05, 3.63) is 65.4 Å². The standard InChI is InChI=1S/C31H42N4O2/c1-20(2)24-14-10-15-25(21(3)4)29(24)35-31(37)34-28(30(36)33-18-22-11-6-5-7-12-22)17-23-19-32-27-16-9-8-13-26(23)27/h8-10,13-16,19-22,28,32H,5-7,11-12,17-18H2,1-4H3,(H,33,36)(H2,34,35,37). The molecule has 1 heterocycles. The van der Waals surface area contributed by atoms with Gasteiger partial charge in [0, 0.05) is 35.8 Å². The third-order valence-electron chi connectivity index (χ3n) is 7.62. The highest BCUT2D eigenvalue weighted by atomic mass is 16.2. The fourth-order valence-corrected chi connectivity index (χ4v) is 5.49. The van der Waals surface area contributed by atoms with Crippen LogP contribution in [0.15, 0.2) is 48.7 Å². The van der Waals surface area contributed by atoms with Crippen LogP contribution in [-0.2, 0) is 11.2 Å². The first-order chi connectivity index (χ1) is 17.8. The Labute approximate surface area is 221 Å². The summed E-state index contributed by atoms with van der Waals surface area (Å²) < 4.78 is 0. The summed E-state index contributed by atoms with van der Waals surface area (Å²) in [6, 6.07) is 13.2. The van der Waals surface area contributed by atoms with E-state index in [0.717, 1.165) is 46.1 Å². The monoisotopic (exact) mass is 502 g/mol. The normalized spacial score (nSPS) is 15.2. The lowest BCUT2D eigenvalue weighted by Gasteiger charge is -2.25. The van der Waals surface area contributed by atoms with Crippen LogP contribution in [0.3, 0.4) is 0 Å². The smallest absolute Gasteiger partial charge is 0.319 e. The molecular weight excluding hydrogens is 460 g/mol. The SMILES string of the molecule is CC(C)c1cccc(C(C)C)c1NC(=O)NC(Cc1c[nH]c2ccccc12)C(=O)NCC1CCCCC1. The maximum Gasteiger partial charge on any atom is 0.319 e. The zero-order valence-electron chi connectivity index (χ0n) is 22.7. The van der Waals surface area contributed by atoms with Crippen molar-refractivity contribution in [2.24, 2.45) is 5.92 Å². The van der Waals surface area contributed by atoms with Crippen LogP contribution < -0.4 is 16.0 Å². The maximum absolute atomic E-state index is 13.4. The number of fused-ring (bicyclic) bond motifs is 1. The number of aromatic amines is 1. The van der Waals surface area contributed by atoms with E-state index in [1.807, 2.05) is 36.5 Å². The summed E-state index contributed by atoms with van der Waals surface area (Å²) >= 11 is 0. The lowest BCUT2D eigenvalue weighted by atomic mass is 9.89. The van der Waals surface area contributed by atoms with Crippen LogP contribution >= 0.6 is 0 Å². The first-order valence-corrected chi connectivity index (χ1v) is 13.9. The van der Waals surface area contributed by atoms with Gasteiger partial charge < -0.3 is 20.9 Å². The van der Waals surface area contributed by atoms with Crippen LogP contribution in [0, 0.1) is 5.92 Å². The molecule has 1 aromatic heterocycles. The Morgan fingerprint density at radius 2 is 1.59 bits per heavy atom. The van der Waals surface area contributed by atoms with E-state index in [1.165, 1.54) is 19.3 Å². The van der Waals surface area contributed by atoms with E-state index in [9.17, 15) is 9.59 Å². The molecule has 1 aliphatic rings. The summed E-state index contributed by atoms with van der Waals surface area (Å²) in [4.78, 5) is 30.1. The first-order valence-electron chi connectivity index (χ1n) is 13.9. The zero-order valence-corrected chi connectivity index (χ0v) is 22.7. The molecule has 4 N–H and O–H groups in total. The number of anilines is 1. The molecule has 0 aliphatic heterocycles. The fourth-order valence-electron chi connectivity index (χ4n) is 5.49. The number of nitrogens with one attached hydrogen (secondary N) is 4. The Hall–Kier alpha value is -3.28. The molecule has 0 bridgehead atoms. The van der Waals surface area contributed by atoms with Crippen LogP contribution in [0.2, 0.25) is 0 Å². The van der Waals surface area contributed by atoms with Crippen LogP contribution in [0.4, 0.5) is 10.5 Å². The lowest BCUT2D eigenvalue weighted by molar-refractivity contribution is -0.123. The van der Waals surface area contributed by atoms with Gasteiger partial charge in [-0.3, -0.25) is 4.79 Å². The molecule has 4 rings (SSSR count). The quantitative estimate of drug-likeness (QED) is 0.258. The van der Waals surface area contributed by atoms with Gasteiger partial charge in [0.15, 0.2) is 0 Å². The van der Waals surface area contributed by atoms with E-state index in [0.29, 0.717) is 18.9 Å². The predicted molar refractivity (Wildman–Crippen MR) is 152 cm³/mol. The van der Waals surface area contributed by atoms with Crippen molar-refractivity contribution in [3.63, 3.8) is 0 Å². The molecule has 198 valence electrons. The van der Waals surface area contributed by atoms with Crippen molar-refractivity contribution >= 4 is 28.5 Å². The van der Waals surface area contributed by atoms with E-state index >= 15 is 0 Å². The number of aromatic nitrogens is 1. The minimum Gasteiger partial charge on any atom is -0.361 e. The molecule has 0 saturated heterocycles. The number of H-pyrrole nitrogens is 1. The van der Waals surface area contributed by atoms with Gasteiger partial charge in [0.05, 0.1) is 0 Å². The minimum atomic E-state index is -0.684. The van der Waals surface area contributed by atoms with Gasteiger partial charge in [-0.2, -0.15) is 0 Å². The van der Waals surface area contributed by atoms with Gasteiger partial charge in [0.2, 0.25) is 5.91 Å². The van der Waals surface area contributed by atoms with Crippen molar-refractivity contribution < 1.29 is 9.59 Å². The van der Waals surface area contributed by atoms with Gasteiger partial charge in [0.1, 0.15) is 6.04 Å². The van der Waals surface area contributed by atoms with E-state index in [2.05, 4.69) is 60.8 Å². The average Bonchev–Trinajstić information content (AvgIpc) is 3.30. The molecule has 1 saturated carbocycles. The highest BCUT2D eigenvalue weighted by Gasteiger charge is 2.25. The van der Waals surface area contributed by atoms with Gasteiger partial charge in [-0.1, -0.05) is 83.4 Å². The van der Waals surface area contributed by atoms with Gasteiger partial charge in [-0.15, -0.1) is 0 Å². The van der Waals surface area contributed by atoms with E-state index in [-0.39, 0.29) is 23.8 Å². The van der Waals surface area contributed by atoms with Crippen molar-refractivity contribution in [1.82, 2.24) is 15.6 Å². The Balaban J connectivity index is 1.53.